The van der Waals surface area contributed by atoms with E-state index in [2.05, 4.69) is 15.7 Å². The minimum Gasteiger partial charge on any atom is -0.354 e. The van der Waals surface area contributed by atoms with Crippen LogP contribution in [0.1, 0.15) is 12.1 Å². The average Bonchev–Trinajstić information content (AvgIpc) is 2.76. The van der Waals surface area contributed by atoms with Gasteiger partial charge in [-0.05, 0) is 13.3 Å². The maximum absolute atomic E-state index is 11.6. The monoisotopic (exact) mass is 256 g/mol. The van der Waals surface area contributed by atoms with Crippen molar-refractivity contribution in [2.75, 3.05) is 6.54 Å². The molecule has 92 valence electrons. The summed E-state index contributed by atoms with van der Waals surface area (Å²) in [6.45, 7) is 2.44. The summed E-state index contributed by atoms with van der Waals surface area (Å²) < 4.78 is 1.46. The third-order valence-electron chi connectivity index (χ3n) is 2.58. The largest absolute Gasteiger partial charge is 0.354 e. The molecule has 2 N–H and O–H groups in total. The molecule has 7 heteroatoms. The van der Waals surface area contributed by atoms with E-state index in [0.29, 0.717) is 23.7 Å². The maximum Gasteiger partial charge on any atom is 0.242 e. The van der Waals surface area contributed by atoms with Gasteiger partial charge in [-0.15, -0.1) is 0 Å². The molecular weight excluding hydrogens is 244 g/mol. The summed E-state index contributed by atoms with van der Waals surface area (Å²) in [5.74, 6) is -0.376. The summed E-state index contributed by atoms with van der Waals surface area (Å²) in [5.41, 5.74) is 0.679. The lowest BCUT2D eigenvalue weighted by molar-refractivity contribution is -0.127. The topological polar surface area (TPSA) is 76.0 Å². The lowest BCUT2D eigenvalue weighted by Gasteiger charge is -2.09. The number of aryl methyl sites for hydroxylation is 1. The van der Waals surface area contributed by atoms with Gasteiger partial charge in [-0.1, -0.05) is 11.6 Å². The predicted molar refractivity (Wildman–Crippen MR) is 61.5 cm³/mol. The number of carbonyl (C=O) groups is 2. The number of halogens is 1. The highest BCUT2D eigenvalue weighted by molar-refractivity contribution is 6.31. The van der Waals surface area contributed by atoms with Crippen molar-refractivity contribution in [1.29, 1.82) is 0 Å². The van der Waals surface area contributed by atoms with Crippen LogP contribution in [0.5, 0.6) is 0 Å². The highest BCUT2D eigenvalue weighted by Gasteiger charge is 2.25. The Balaban J connectivity index is 1.91. The zero-order valence-corrected chi connectivity index (χ0v) is 10.1. The molecule has 0 spiro atoms. The molecule has 1 atom stereocenters. The van der Waals surface area contributed by atoms with Crippen LogP contribution in [0.4, 0.5) is 0 Å². The van der Waals surface area contributed by atoms with Gasteiger partial charge in [0.2, 0.25) is 11.8 Å². The Morgan fingerprint density at radius 1 is 1.76 bits per heavy atom. The van der Waals surface area contributed by atoms with Gasteiger partial charge in [0, 0.05) is 12.7 Å². The third-order valence-corrected chi connectivity index (χ3v) is 2.95. The molecular formula is C10H13ClN4O2. The second-order valence-electron chi connectivity index (χ2n) is 3.96. The van der Waals surface area contributed by atoms with E-state index >= 15 is 0 Å². The zero-order chi connectivity index (χ0) is 12.4. The van der Waals surface area contributed by atoms with Crippen molar-refractivity contribution in [2.24, 2.45) is 0 Å². The van der Waals surface area contributed by atoms with Crippen LogP contribution in [0.3, 0.4) is 0 Å². The number of carbonyl (C=O) groups excluding carboxylic acids is 2. The summed E-state index contributed by atoms with van der Waals surface area (Å²) in [6.07, 6.45) is 2.22. The lowest BCUT2D eigenvalue weighted by Crippen LogP contribution is -2.41. The predicted octanol–water partition coefficient (Wildman–Crippen LogP) is -0.150. The number of amides is 2. The zero-order valence-electron chi connectivity index (χ0n) is 9.36. The molecule has 0 aromatic carbocycles. The fourth-order valence-corrected chi connectivity index (χ4v) is 1.84. The highest BCUT2D eigenvalue weighted by atomic mass is 35.5. The van der Waals surface area contributed by atoms with Crippen LogP contribution >= 0.6 is 11.6 Å². The van der Waals surface area contributed by atoms with E-state index in [0.717, 1.165) is 0 Å². The Morgan fingerprint density at radius 2 is 2.53 bits per heavy atom. The Kier molecular flexibility index (Phi) is 3.33. The van der Waals surface area contributed by atoms with Gasteiger partial charge in [0.05, 0.1) is 10.7 Å². The molecule has 1 aliphatic heterocycles. The van der Waals surface area contributed by atoms with E-state index in [4.69, 9.17) is 11.6 Å². The van der Waals surface area contributed by atoms with Crippen LogP contribution < -0.4 is 10.6 Å². The molecule has 17 heavy (non-hydrogen) atoms. The molecule has 1 aromatic heterocycles. The SMILES string of the molecule is Cc1nn(CC(=O)NC2CCNC2=O)cc1Cl. The number of aromatic nitrogens is 2. The molecule has 0 aliphatic carbocycles. The van der Waals surface area contributed by atoms with Crippen LogP contribution in [0.2, 0.25) is 5.02 Å². The fourth-order valence-electron chi connectivity index (χ4n) is 1.69. The molecule has 0 radical (unpaired) electrons. The van der Waals surface area contributed by atoms with Crippen LogP contribution in [0, 0.1) is 6.92 Å². The van der Waals surface area contributed by atoms with E-state index in [9.17, 15) is 9.59 Å². The normalized spacial score (nSPS) is 19.2. The molecule has 0 saturated carbocycles. The van der Waals surface area contributed by atoms with Crippen molar-refractivity contribution in [3.63, 3.8) is 0 Å². The van der Waals surface area contributed by atoms with E-state index in [1.807, 2.05) is 0 Å². The second kappa shape index (κ2) is 4.75. The first-order valence-electron chi connectivity index (χ1n) is 5.33. The quantitative estimate of drug-likeness (QED) is 0.790. The molecule has 2 rings (SSSR count). The van der Waals surface area contributed by atoms with Crippen LogP contribution in [0.25, 0.3) is 0 Å². The van der Waals surface area contributed by atoms with Crippen LogP contribution in [-0.2, 0) is 16.1 Å². The first kappa shape index (κ1) is 11.9. The fraction of sp³-hybridized carbons (Fsp3) is 0.500. The van der Waals surface area contributed by atoms with Gasteiger partial charge < -0.3 is 10.6 Å². The van der Waals surface area contributed by atoms with E-state index < -0.39 is 6.04 Å². The minimum atomic E-state index is -0.422. The maximum atomic E-state index is 11.6. The summed E-state index contributed by atoms with van der Waals surface area (Å²) in [7, 11) is 0. The number of hydrogen-bond acceptors (Lipinski definition) is 3. The van der Waals surface area contributed by atoms with Crippen molar-refractivity contribution < 1.29 is 9.59 Å². The van der Waals surface area contributed by atoms with Crippen molar-refractivity contribution in [1.82, 2.24) is 20.4 Å². The molecule has 0 bridgehead atoms. The van der Waals surface area contributed by atoms with Crippen molar-refractivity contribution >= 4 is 23.4 Å². The first-order valence-corrected chi connectivity index (χ1v) is 5.70. The summed E-state index contributed by atoms with van der Waals surface area (Å²) >= 11 is 5.83. The summed E-state index contributed by atoms with van der Waals surface area (Å²) in [4.78, 5) is 22.9. The Labute approximate surface area is 103 Å². The van der Waals surface area contributed by atoms with Gasteiger partial charge in [-0.2, -0.15) is 5.10 Å². The van der Waals surface area contributed by atoms with Gasteiger partial charge >= 0.3 is 0 Å². The Bertz CT molecular complexity index is 438. The average molecular weight is 257 g/mol. The van der Waals surface area contributed by atoms with E-state index in [1.54, 1.807) is 13.1 Å². The number of hydrogen-bond donors (Lipinski definition) is 2. The standard InChI is InChI=1S/C10H13ClN4O2/c1-6-7(11)4-15(14-6)5-9(16)13-8-2-3-12-10(8)17/h4,8H,2-3,5H2,1H3,(H,12,17)(H,13,16). The molecule has 1 saturated heterocycles. The number of nitrogens with one attached hydrogen (secondary N) is 2. The molecule has 2 amide bonds. The van der Waals surface area contributed by atoms with Crippen LogP contribution in [-0.4, -0.2) is 34.2 Å². The Hall–Kier alpha value is -1.56. The smallest absolute Gasteiger partial charge is 0.242 e. The Morgan fingerprint density at radius 3 is 3.06 bits per heavy atom. The van der Waals surface area contributed by atoms with Crippen molar-refractivity contribution in [2.45, 2.75) is 25.9 Å². The van der Waals surface area contributed by atoms with Crippen LogP contribution in [0.15, 0.2) is 6.20 Å². The summed E-state index contributed by atoms with van der Waals surface area (Å²) in [6, 6.07) is -0.422. The van der Waals surface area contributed by atoms with Crippen molar-refractivity contribution in [3.8, 4) is 0 Å². The van der Waals surface area contributed by atoms with E-state index in [1.165, 1.54) is 4.68 Å². The molecule has 2 heterocycles. The molecule has 1 fully saturated rings. The van der Waals surface area contributed by atoms with Gasteiger partial charge in [0.1, 0.15) is 12.6 Å². The minimum absolute atomic E-state index is 0.0668. The second-order valence-corrected chi connectivity index (χ2v) is 4.37. The van der Waals surface area contributed by atoms with Gasteiger partial charge in [0.15, 0.2) is 0 Å². The van der Waals surface area contributed by atoms with E-state index in [-0.39, 0.29) is 18.4 Å². The van der Waals surface area contributed by atoms with Crippen molar-refractivity contribution in [3.05, 3.63) is 16.9 Å². The third kappa shape index (κ3) is 2.76. The first-order chi connectivity index (χ1) is 8.06. The number of rotatable bonds is 3. The molecule has 1 aromatic rings. The van der Waals surface area contributed by atoms with Gasteiger partial charge in [-0.3, -0.25) is 14.3 Å². The van der Waals surface area contributed by atoms with Gasteiger partial charge in [-0.25, -0.2) is 0 Å². The highest BCUT2D eigenvalue weighted by Crippen LogP contribution is 2.11. The molecule has 6 nitrogen and oxygen atoms in total. The lowest BCUT2D eigenvalue weighted by atomic mass is 10.2. The number of nitrogens with zero attached hydrogens (tertiary/aromatic N) is 2. The molecule has 1 unspecified atom stereocenters. The summed E-state index contributed by atoms with van der Waals surface area (Å²) in [5, 5.41) is 9.90. The van der Waals surface area contributed by atoms with Gasteiger partial charge in [0.25, 0.3) is 0 Å². The molecule has 1 aliphatic rings.